The summed E-state index contributed by atoms with van der Waals surface area (Å²) >= 11 is 0. The van der Waals surface area contributed by atoms with Crippen molar-refractivity contribution in [3.63, 3.8) is 0 Å². The largest absolute Gasteiger partial charge is 0.474 e. The highest BCUT2D eigenvalue weighted by Gasteiger charge is 2.74. The molecule has 1 spiro atoms. The summed E-state index contributed by atoms with van der Waals surface area (Å²) in [6, 6.07) is 23.3. The Bertz CT molecular complexity index is 1610. The van der Waals surface area contributed by atoms with Gasteiger partial charge in [-0.1, -0.05) is 55.1 Å². The van der Waals surface area contributed by atoms with Crippen LogP contribution in [0.1, 0.15) is 23.6 Å². The number of anilines is 1. The third-order valence-corrected chi connectivity index (χ3v) is 7.26. The third kappa shape index (κ3) is 3.31. The average molecular weight is 522 g/mol. The maximum absolute atomic E-state index is 14.5. The van der Waals surface area contributed by atoms with Gasteiger partial charge < -0.3 is 14.4 Å². The molecule has 2 atom stereocenters. The van der Waals surface area contributed by atoms with Gasteiger partial charge in [-0.15, -0.1) is 0 Å². The van der Waals surface area contributed by atoms with E-state index in [-0.39, 0.29) is 34.8 Å². The molecule has 3 aromatic carbocycles. The Kier molecular flexibility index (Phi) is 6.03. The number of non-ortho nitro benzene ring substituents is 1. The SMILES string of the molecule is C=C(C(=O)OCC)[C@@]1(c2ccc([N+](=O)[O-])cc2)OC(c2ccccc2)=C(C#N)[C@]12C(=O)N(C)c1ccccc12. The lowest BCUT2D eigenvalue weighted by Gasteiger charge is -2.42. The molecule has 9 heteroatoms. The predicted octanol–water partition coefficient (Wildman–Crippen LogP) is 4.79. The summed E-state index contributed by atoms with van der Waals surface area (Å²) in [5, 5.41) is 22.1. The van der Waals surface area contributed by atoms with Gasteiger partial charge in [-0.25, -0.2) is 4.79 Å². The molecule has 0 saturated heterocycles. The van der Waals surface area contributed by atoms with Crippen molar-refractivity contribution in [2.24, 2.45) is 0 Å². The summed E-state index contributed by atoms with van der Waals surface area (Å²) in [4.78, 5) is 40.3. The highest BCUT2D eigenvalue weighted by molar-refractivity contribution is 6.15. The molecule has 0 saturated carbocycles. The highest BCUT2D eigenvalue weighted by Crippen LogP contribution is 2.65. The number of hydrogen-bond acceptors (Lipinski definition) is 7. The van der Waals surface area contributed by atoms with Crippen molar-refractivity contribution in [3.8, 4) is 6.07 Å². The van der Waals surface area contributed by atoms with E-state index in [2.05, 4.69) is 12.6 Å². The van der Waals surface area contributed by atoms with Crippen LogP contribution in [-0.2, 0) is 30.1 Å². The summed E-state index contributed by atoms with van der Waals surface area (Å²) in [5.41, 5.74) is -2.65. The van der Waals surface area contributed by atoms with Crippen molar-refractivity contribution in [1.82, 2.24) is 0 Å². The molecular formula is C30H23N3O6. The van der Waals surface area contributed by atoms with Crippen LogP contribution in [0.4, 0.5) is 11.4 Å². The van der Waals surface area contributed by atoms with Crippen LogP contribution < -0.4 is 4.90 Å². The van der Waals surface area contributed by atoms with Crippen LogP contribution in [0.25, 0.3) is 5.76 Å². The quantitative estimate of drug-likeness (QED) is 0.198. The summed E-state index contributed by atoms with van der Waals surface area (Å²) in [6.07, 6.45) is 0. The van der Waals surface area contributed by atoms with Crippen molar-refractivity contribution in [2.45, 2.75) is 17.9 Å². The molecule has 0 aliphatic carbocycles. The van der Waals surface area contributed by atoms with E-state index in [1.807, 2.05) is 0 Å². The lowest BCUT2D eigenvalue weighted by Crippen LogP contribution is -2.56. The van der Waals surface area contributed by atoms with E-state index in [0.717, 1.165) is 0 Å². The van der Waals surface area contributed by atoms with E-state index in [1.54, 1.807) is 68.6 Å². The van der Waals surface area contributed by atoms with Crippen LogP contribution in [0.2, 0.25) is 0 Å². The van der Waals surface area contributed by atoms with E-state index in [1.165, 1.54) is 29.2 Å². The summed E-state index contributed by atoms with van der Waals surface area (Å²) in [5.74, 6) is -1.25. The minimum Gasteiger partial charge on any atom is -0.474 e. The number of carbonyl (C=O) groups excluding carboxylic acids is 2. The fourth-order valence-corrected chi connectivity index (χ4v) is 5.61. The number of carbonyl (C=O) groups is 2. The number of hydrogen-bond donors (Lipinski definition) is 0. The summed E-state index contributed by atoms with van der Waals surface area (Å²) < 4.78 is 12.0. The second-order valence-electron chi connectivity index (χ2n) is 9.10. The van der Waals surface area contributed by atoms with Gasteiger partial charge in [0.15, 0.2) is 11.0 Å². The van der Waals surface area contributed by atoms with E-state index in [4.69, 9.17) is 9.47 Å². The number of benzene rings is 3. The molecule has 5 rings (SSSR count). The minimum atomic E-state index is -2.01. The fourth-order valence-electron chi connectivity index (χ4n) is 5.61. The summed E-state index contributed by atoms with van der Waals surface area (Å²) in [6.45, 7) is 5.72. The molecule has 194 valence electrons. The Morgan fingerprint density at radius 3 is 2.36 bits per heavy atom. The molecule has 2 heterocycles. The van der Waals surface area contributed by atoms with Gasteiger partial charge in [0, 0.05) is 41.6 Å². The first-order valence-electron chi connectivity index (χ1n) is 12.1. The molecular weight excluding hydrogens is 498 g/mol. The molecule has 0 fully saturated rings. The summed E-state index contributed by atoms with van der Waals surface area (Å²) in [7, 11) is 1.58. The number of nitriles is 1. The zero-order chi connectivity index (χ0) is 27.9. The second-order valence-corrected chi connectivity index (χ2v) is 9.10. The maximum atomic E-state index is 14.5. The van der Waals surface area contributed by atoms with Crippen molar-refractivity contribution in [3.05, 3.63) is 123 Å². The Morgan fingerprint density at radius 2 is 1.74 bits per heavy atom. The minimum absolute atomic E-state index is 0.0145. The smallest absolute Gasteiger partial charge is 0.337 e. The number of likely N-dealkylation sites (N-methyl/N-ethyl adjacent to an activating group) is 1. The van der Waals surface area contributed by atoms with Crippen LogP contribution in [0.3, 0.4) is 0 Å². The fraction of sp³-hybridized carbons (Fsp3) is 0.167. The lowest BCUT2D eigenvalue weighted by atomic mass is 9.59. The second kappa shape index (κ2) is 9.26. The standard InChI is InChI=1S/C30H23N3O6/c1-4-38-27(34)19(2)30(21-14-16-22(17-15-21)33(36)37)29(23-12-8-9-13-25(23)32(3)28(29)35)24(18-31)26(39-30)20-10-6-5-7-11-20/h5-17H,2,4H2,1,3H3/t29-,30+/m1/s1. The van der Waals surface area contributed by atoms with Crippen LogP contribution in [-0.4, -0.2) is 30.5 Å². The van der Waals surface area contributed by atoms with Crippen LogP contribution in [0, 0.1) is 21.4 Å². The molecule has 9 nitrogen and oxygen atoms in total. The number of nitro benzene ring substituents is 1. The van der Waals surface area contributed by atoms with Crippen molar-refractivity contribution in [1.29, 1.82) is 5.26 Å². The number of amides is 1. The first kappa shape index (κ1) is 25.4. The zero-order valence-electron chi connectivity index (χ0n) is 21.2. The molecule has 0 bridgehead atoms. The van der Waals surface area contributed by atoms with Gasteiger partial charge >= 0.3 is 5.97 Å². The Morgan fingerprint density at radius 1 is 1.10 bits per heavy atom. The highest BCUT2D eigenvalue weighted by atomic mass is 16.6. The molecule has 0 radical (unpaired) electrons. The molecule has 2 aliphatic heterocycles. The van der Waals surface area contributed by atoms with Gasteiger partial charge in [-0.2, -0.15) is 5.26 Å². The van der Waals surface area contributed by atoms with E-state index < -0.39 is 27.8 Å². The Labute approximate surface area is 224 Å². The number of esters is 1. The van der Waals surface area contributed by atoms with Crippen molar-refractivity contribution >= 4 is 29.0 Å². The number of rotatable bonds is 6. The topological polar surface area (TPSA) is 123 Å². The van der Waals surface area contributed by atoms with E-state index >= 15 is 0 Å². The first-order valence-corrected chi connectivity index (χ1v) is 12.1. The Balaban J connectivity index is 1.95. The zero-order valence-corrected chi connectivity index (χ0v) is 21.2. The van der Waals surface area contributed by atoms with Gasteiger partial charge in [0.25, 0.3) is 5.69 Å². The monoisotopic (exact) mass is 521 g/mol. The van der Waals surface area contributed by atoms with Gasteiger partial charge in [0.05, 0.1) is 22.7 Å². The number of nitro groups is 1. The molecule has 0 unspecified atom stereocenters. The molecule has 0 aromatic heterocycles. The number of para-hydroxylation sites is 1. The molecule has 1 amide bonds. The van der Waals surface area contributed by atoms with Gasteiger partial charge in [0.1, 0.15) is 11.8 Å². The first-order chi connectivity index (χ1) is 18.7. The Hall–Kier alpha value is -5.23. The van der Waals surface area contributed by atoms with Crippen LogP contribution in [0.15, 0.2) is 96.6 Å². The normalized spacial score (nSPS) is 21.4. The average Bonchev–Trinajstić information content (AvgIpc) is 3.40. The van der Waals surface area contributed by atoms with Gasteiger partial charge in [-0.05, 0) is 25.1 Å². The van der Waals surface area contributed by atoms with Crippen molar-refractivity contribution in [2.75, 3.05) is 18.6 Å². The third-order valence-electron chi connectivity index (χ3n) is 7.26. The number of fused-ring (bicyclic) bond motifs is 2. The predicted molar refractivity (Wildman–Crippen MR) is 142 cm³/mol. The molecule has 39 heavy (non-hydrogen) atoms. The van der Waals surface area contributed by atoms with Crippen LogP contribution >= 0.6 is 0 Å². The van der Waals surface area contributed by atoms with Gasteiger partial charge in [-0.3, -0.25) is 14.9 Å². The number of ether oxygens (including phenoxy) is 2. The molecule has 0 N–H and O–H groups in total. The number of nitrogens with zero attached hydrogens (tertiary/aromatic N) is 3. The molecule has 3 aromatic rings. The molecule has 2 aliphatic rings. The lowest BCUT2D eigenvalue weighted by molar-refractivity contribution is -0.384. The van der Waals surface area contributed by atoms with Crippen molar-refractivity contribution < 1.29 is 24.0 Å². The van der Waals surface area contributed by atoms with E-state index in [0.29, 0.717) is 16.8 Å². The van der Waals surface area contributed by atoms with Crippen LogP contribution in [0.5, 0.6) is 0 Å². The van der Waals surface area contributed by atoms with E-state index in [9.17, 15) is 25.0 Å². The maximum Gasteiger partial charge on any atom is 0.337 e. The van der Waals surface area contributed by atoms with Gasteiger partial charge in [0.2, 0.25) is 5.91 Å².